The highest BCUT2D eigenvalue weighted by Gasteiger charge is 2.40. The van der Waals surface area contributed by atoms with Gasteiger partial charge in [-0.3, -0.25) is 9.78 Å². The van der Waals surface area contributed by atoms with Crippen LogP contribution in [-0.4, -0.2) is 34.6 Å². The van der Waals surface area contributed by atoms with E-state index in [1.165, 1.54) is 18.3 Å². The predicted molar refractivity (Wildman–Crippen MR) is 80.9 cm³/mol. The maximum absolute atomic E-state index is 12.7. The van der Waals surface area contributed by atoms with E-state index < -0.39 is 18.6 Å². The Balaban J connectivity index is 1.71. The summed E-state index contributed by atoms with van der Waals surface area (Å²) in [6.45, 7) is -1.22. The largest absolute Gasteiger partial charge is 0.456 e. The molecule has 1 fully saturated rings. The highest BCUT2D eigenvalue weighted by atomic mass is 19.4. The second-order valence-corrected chi connectivity index (χ2v) is 5.59. The van der Waals surface area contributed by atoms with Crippen LogP contribution in [0.1, 0.15) is 23.2 Å². The second-order valence-electron chi connectivity index (χ2n) is 5.59. The molecule has 126 valence electrons. The predicted octanol–water partition coefficient (Wildman–Crippen LogP) is 4.04. The lowest BCUT2D eigenvalue weighted by Crippen LogP contribution is -2.40. The molecule has 1 aliphatic rings. The third-order valence-electron chi connectivity index (χ3n) is 3.57. The fraction of sp³-hybridized carbons (Fsp3) is 0.294. The SMILES string of the molecule is O=C(c1ccc(Oc2cccnc2)cc1)N(CC(F)(F)F)C1CC1. The van der Waals surface area contributed by atoms with E-state index in [2.05, 4.69) is 4.98 Å². The first-order valence-electron chi connectivity index (χ1n) is 7.48. The molecule has 2 aromatic rings. The van der Waals surface area contributed by atoms with Gasteiger partial charge in [0.1, 0.15) is 18.0 Å². The van der Waals surface area contributed by atoms with Gasteiger partial charge in [0.2, 0.25) is 0 Å². The molecule has 1 amide bonds. The van der Waals surface area contributed by atoms with Crippen molar-refractivity contribution in [1.82, 2.24) is 9.88 Å². The number of hydrogen-bond acceptors (Lipinski definition) is 3. The summed E-state index contributed by atoms with van der Waals surface area (Å²) in [5, 5.41) is 0. The van der Waals surface area contributed by atoms with Gasteiger partial charge in [-0.1, -0.05) is 0 Å². The Kier molecular flexibility index (Phi) is 4.42. The van der Waals surface area contributed by atoms with E-state index in [1.54, 1.807) is 30.5 Å². The monoisotopic (exact) mass is 336 g/mol. The van der Waals surface area contributed by atoms with Crippen molar-refractivity contribution >= 4 is 5.91 Å². The number of pyridine rings is 1. The first kappa shape index (κ1) is 16.3. The fourth-order valence-corrected chi connectivity index (χ4v) is 2.32. The molecule has 1 aliphatic carbocycles. The van der Waals surface area contributed by atoms with Gasteiger partial charge in [0.15, 0.2) is 0 Å². The maximum Gasteiger partial charge on any atom is 0.406 e. The molecule has 0 bridgehead atoms. The molecule has 0 unspecified atom stereocenters. The van der Waals surface area contributed by atoms with E-state index in [0.717, 1.165) is 4.90 Å². The van der Waals surface area contributed by atoms with Gasteiger partial charge in [-0.25, -0.2) is 0 Å². The first-order chi connectivity index (χ1) is 11.4. The lowest BCUT2D eigenvalue weighted by Gasteiger charge is -2.23. The molecule has 0 spiro atoms. The highest BCUT2D eigenvalue weighted by Crippen LogP contribution is 2.31. The van der Waals surface area contributed by atoms with Crippen LogP contribution in [0.5, 0.6) is 11.5 Å². The number of benzene rings is 1. The second kappa shape index (κ2) is 6.51. The number of amides is 1. The Morgan fingerprint density at radius 3 is 2.42 bits per heavy atom. The maximum atomic E-state index is 12.7. The zero-order chi connectivity index (χ0) is 17.2. The van der Waals surface area contributed by atoms with Crippen LogP contribution in [0.15, 0.2) is 48.8 Å². The van der Waals surface area contributed by atoms with Crippen molar-refractivity contribution in [2.45, 2.75) is 25.1 Å². The zero-order valence-electron chi connectivity index (χ0n) is 12.7. The van der Waals surface area contributed by atoms with Gasteiger partial charge >= 0.3 is 6.18 Å². The Morgan fingerprint density at radius 1 is 1.17 bits per heavy atom. The molecule has 7 heteroatoms. The Bertz CT molecular complexity index is 698. The quantitative estimate of drug-likeness (QED) is 0.827. The van der Waals surface area contributed by atoms with E-state index in [4.69, 9.17) is 4.74 Å². The van der Waals surface area contributed by atoms with Gasteiger partial charge in [0.05, 0.1) is 6.20 Å². The molecule has 1 aromatic heterocycles. The molecular weight excluding hydrogens is 321 g/mol. The molecule has 0 radical (unpaired) electrons. The third-order valence-corrected chi connectivity index (χ3v) is 3.57. The van der Waals surface area contributed by atoms with Crippen LogP contribution in [0.25, 0.3) is 0 Å². The first-order valence-corrected chi connectivity index (χ1v) is 7.48. The van der Waals surface area contributed by atoms with E-state index >= 15 is 0 Å². The molecular formula is C17H15F3N2O2. The number of ether oxygens (including phenoxy) is 1. The van der Waals surface area contributed by atoms with Crippen LogP contribution in [0, 0.1) is 0 Å². The van der Waals surface area contributed by atoms with Gasteiger partial charge in [-0.05, 0) is 49.2 Å². The molecule has 1 aromatic carbocycles. The molecule has 0 saturated heterocycles. The van der Waals surface area contributed by atoms with Crippen LogP contribution >= 0.6 is 0 Å². The summed E-state index contributed by atoms with van der Waals surface area (Å²) in [4.78, 5) is 17.2. The molecule has 0 aliphatic heterocycles. The Hall–Kier alpha value is -2.57. The molecule has 1 saturated carbocycles. The van der Waals surface area contributed by atoms with Gasteiger partial charge in [0.25, 0.3) is 5.91 Å². The van der Waals surface area contributed by atoms with E-state index in [9.17, 15) is 18.0 Å². The lowest BCUT2D eigenvalue weighted by molar-refractivity contribution is -0.141. The van der Waals surface area contributed by atoms with Gasteiger partial charge in [-0.15, -0.1) is 0 Å². The van der Waals surface area contributed by atoms with Crippen LogP contribution in [0.3, 0.4) is 0 Å². The van der Waals surface area contributed by atoms with Crippen LogP contribution in [0.2, 0.25) is 0 Å². The zero-order valence-corrected chi connectivity index (χ0v) is 12.7. The normalized spacial score (nSPS) is 14.3. The van der Waals surface area contributed by atoms with Crippen molar-refractivity contribution in [3.05, 3.63) is 54.4 Å². The van der Waals surface area contributed by atoms with Crippen LogP contribution in [-0.2, 0) is 0 Å². The van der Waals surface area contributed by atoms with E-state index in [1.807, 2.05) is 0 Å². The summed E-state index contributed by atoms with van der Waals surface area (Å²) < 4.78 is 43.5. The van der Waals surface area contributed by atoms with E-state index in [0.29, 0.717) is 24.3 Å². The number of hydrogen-bond donors (Lipinski definition) is 0. The summed E-state index contributed by atoms with van der Waals surface area (Å²) in [6, 6.07) is 9.19. The third kappa shape index (κ3) is 4.24. The van der Waals surface area contributed by atoms with Gasteiger partial charge < -0.3 is 9.64 Å². The number of rotatable bonds is 5. The summed E-state index contributed by atoms with van der Waals surface area (Å²) in [7, 11) is 0. The van der Waals surface area contributed by atoms with Crippen molar-refractivity contribution in [3.63, 3.8) is 0 Å². The molecule has 24 heavy (non-hydrogen) atoms. The number of nitrogens with zero attached hydrogens (tertiary/aromatic N) is 2. The van der Waals surface area contributed by atoms with Gasteiger partial charge in [0, 0.05) is 17.8 Å². The summed E-state index contributed by atoms with van der Waals surface area (Å²) in [5.74, 6) is 0.407. The highest BCUT2D eigenvalue weighted by molar-refractivity contribution is 5.94. The number of carbonyl (C=O) groups excluding carboxylic acids is 1. The Labute approximate surface area is 136 Å². The van der Waals surface area contributed by atoms with Crippen LogP contribution in [0.4, 0.5) is 13.2 Å². The smallest absolute Gasteiger partial charge is 0.406 e. The molecule has 0 atom stereocenters. The summed E-state index contributed by atoms with van der Waals surface area (Å²) >= 11 is 0. The minimum absolute atomic E-state index is 0.213. The molecule has 0 N–H and O–H groups in total. The van der Waals surface area contributed by atoms with Crippen molar-refractivity contribution in [2.24, 2.45) is 0 Å². The van der Waals surface area contributed by atoms with Crippen LogP contribution < -0.4 is 4.74 Å². The minimum Gasteiger partial charge on any atom is -0.456 e. The average molecular weight is 336 g/mol. The summed E-state index contributed by atoms with van der Waals surface area (Å²) in [6.07, 6.45) is -0.0192. The van der Waals surface area contributed by atoms with E-state index in [-0.39, 0.29) is 11.6 Å². The fourth-order valence-electron chi connectivity index (χ4n) is 2.32. The lowest BCUT2D eigenvalue weighted by atomic mass is 10.2. The van der Waals surface area contributed by atoms with Crippen molar-refractivity contribution < 1.29 is 22.7 Å². The van der Waals surface area contributed by atoms with Gasteiger partial charge in [-0.2, -0.15) is 13.2 Å². The Morgan fingerprint density at radius 2 is 1.88 bits per heavy atom. The standard InChI is InChI=1S/C17H15F3N2O2/c18-17(19,20)11-22(13-5-6-13)16(23)12-3-7-14(8-4-12)24-15-2-1-9-21-10-15/h1-4,7-10,13H,5-6,11H2. The molecule has 3 rings (SSSR count). The topological polar surface area (TPSA) is 42.4 Å². The number of aromatic nitrogens is 1. The summed E-state index contributed by atoms with van der Waals surface area (Å²) in [5.41, 5.74) is 0.213. The number of halogens is 3. The number of carbonyl (C=O) groups is 1. The van der Waals surface area contributed by atoms with Crippen molar-refractivity contribution in [1.29, 1.82) is 0 Å². The minimum atomic E-state index is -4.40. The van der Waals surface area contributed by atoms with Crippen molar-refractivity contribution in [3.8, 4) is 11.5 Å². The van der Waals surface area contributed by atoms with Crippen molar-refractivity contribution in [2.75, 3.05) is 6.54 Å². The number of alkyl halides is 3. The molecule has 4 nitrogen and oxygen atoms in total. The molecule has 1 heterocycles. The average Bonchev–Trinajstić information content (AvgIpc) is 3.38.